The molecule has 22 heavy (non-hydrogen) atoms. The summed E-state index contributed by atoms with van der Waals surface area (Å²) in [6, 6.07) is 17.1. The van der Waals surface area contributed by atoms with E-state index in [0.29, 0.717) is 0 Å². The highest BCUT2D eigenvalue weighted by molar-refractivity contribution is 7.13. The molecule has 2 nitrogen and oxygen atoms in total. The fourth-order valence-electron chi connectivity index (χ4n) is 2.84. The molecule has 0 aliphatic heterocycles. The molecule has 2 aromatic carbocycles. The number of rotatable bonds is 2. The number of aromatic amines is 1. The van der Waals surface area contributed by atoms with Crippen LogP contribution < -0.4 is 0 Å². The molecule has 4 aromatic rings. The van der Waals surface area contributed by atoms with Gasteiger partial charge in [-0.25, -0.2) is 4.98 Å². The number of nitrogens with zero attached hydrogens (tertiary/aromatic N) is 1. The lowest BCUT2D eigenvalue weighted by Crippen LogP contribution is -1.82. The van der Waals surface area contributed by atoms with E-state index in [9.17, 15) is 0 Å². The third kappa shape index (κ3) is 2.14. The van der Waals surface area contributed by atoms with Crippen LogP contribution in [0.3, 0.4) is 0 Å². The van der Waals surface area contributed by atoms with Gasteiger partial charge in [-0.1, -0.05) is 42.0 Å². The number of H-pyrrole nitrogens is 1. The van der Waals surface area contributed by atoms with E-state index in [-0.39, 0.29) is 0 Å². The highest BCUT2D eigenvalue weighted by Gasteiger charge is 2.17. The van der Waals surface area contributed by atoms with Crippen molar-refractivity contribution < 1.29 is 0 Å². The van der Waals surface area contributed by atoms with Crippen LogP contribution in [-0.4, -0.2) is 9.97 Å². The normalized spacial score (nSPS) is 11.2. The average molecular weight is 304 g/mol. The van der Waals surface area contributed by atoms with E-state index in [1.165, 1.54) is 22.1 Å². The number of fused-ring (bicyclic) bond motifs is 1. The zero-order chi connectivity index (χ0) is 15.1. The smallest absolute Gasteiger partial charge is 0.140 e. The molecular weight excluding hydrogens is 288 g/mol. The molecule has 2 heterocycles. The molecule has 0 spiro atoms. The summed E-state index contributed by atoms with van der Waals surface area (Å²) in [5, 5.41) is 4.40. The van der Waals surface area contributed by atoms with Gasteiger partial charge >= 0.3 is 0 Å². The molecule has 0 aliphatic carbocycles. The molecule has 3 heteroatoms. The van der Waals surface area contributed by atoms with Gasteiger partial charge in [-0.15, -0.1) is 11.3 Å². The summed E-state index contributed by atoms with van der Waals surface area (Å²) in [5.74, 6) is 0. The van der Waals surface area contributed by atoms with Crippen molar-refractivity contribution in [3.05, 3.63) is 65.2 Å². The van der Waals surface area contributed by atoms with Crippen molar-refractivity contribution >= 4 is 22.2 Å². The van der Waals surface area contributed by atoms with Gasteiger partial charge in [0.2, 0.25) is 0 Å². The molecule has 0 aliphatic rings. The number of aromatic nitrogens is 2. The second-order valence-corrected chi connectivity index (χ2v) is 6.44. The molecule has 0 saturated heterocycles. The van der Waals surface area contributed by atoms with Crippen molar-refractivity contribution in [3.63, 3.8) is 0 Å². The van der Waals surface area contributed by atoms with Gasteiger partial charge in [0.15, 0.2) is 0 Å². The van der Waals surface area contributed by atoms with E-state index in [0.717, 1.165) is 21.9 Å². The summed E-state index contributed by atoms with van der Waals surface area (Å²) in [6.45, 7) is 4.17. The van der Waals surface area contributed by atoms with Crippen molar-refractivity contribution in [2.24, 2.45) is 0 Å². The summed E-state index contributed by atoms with van der Waals surface area (Å²) >= 11 is 1.69. The van der Waals surface area contributed by atoms with Crippen LogP contribution in [0.1, 0.15) is 11.3 Å². The Morgan fingerprint density at radius 1 is 1.00 bits per heavy atom. The van der Waals surface area contributed by atoms with Crippen molar-refractivity contribution in [2.75, 3.05) is 0 Å². The zero-order valence-corrected chi connectivity index (χ0v) is 13.4. The molecule has 0 amide bonds. The van der Waals surface area contributed by atoms with E-state index in [2.05, 4.69) is 70.8 Å². The van der Waals surface area contributed by atoms with Crippen LogP contribution in [0.2, 0.25) is 0 Å². The van der Waals surface area contributed by atoms with Gasteiger partial charge < -0.3 is 4.98 Å². The Labute approximate surface area is 133 Å². The molecule has 0 fully saturated rings. The third-order valence-electron chi connectivity index (χ3n) is 3.85. The van der Waals surface area contributed by atoms with Crippen molar-refractivity contribution in [1.29, 1.82) is 0 Å². The fraction of sp³-hybridized carbons (Fsp3) is 0.105. The van der Waals surface area contributed by atoms with E-state index < -0.39 is 0 Å². The maximum absolute atomic E-state index is 4.67. The number of hydrogen-bond donors (Lipinski definition) is 1. The van der Waals surface area contributed by atoms with Crippen molar-refractivity contribution in [3.8, 4) is 21.8 Å². The molecule has 0 bridgehead atoms. The Hall–Kier alpha value is -2.39. The Kier molecular flexibility index (Phi) is 3.09. The number of benzene rings is 2. The van der Waals surface area contributed by atoms with Crippen LogP contribution in [0, 0.1) is 13.8 Å². The fourth-order valence-corrected chi connectivity index (χ4v) is 3.64. The summed E-state index contributed by atoms with van der Waals surface area (Å²) in [7, 11) is 0. The van der Waals surface area contributed by atoms with Gasteiger partial charge in [0, 0.05) is 27.5 Å². The van der Waals surface area contributed by atoms with Crippen LogP contribution in [0.4, 0.5) is 0 Å². The van der Waals surface area contributed by atoms with E-state index >= 15 is 0 Å². The molecule has 0 radical (unpaired) electrons. The monoisotopic (exact) mass is 304 g/mol. The molecule has 0 atom stereocenters. The third-order valence-corrected chi connectivity index (χ3v) is 4.83. The van der Waals surface area contributed by atoms with E-state index in [1.807, 2.05) is 6.92 Å². The highest BCUT2D eigenvalue weighted by Crippen LogP contribution is 2.39. The van der Waals surface area contributed by atoms with Gasteiger partial charge in [0.1, 0.15) is 5.01 Å². The molecule has 0 saturated carbocycles. The predicted molar refractivity (Wildman–Crippen MR) is 94.3 cm³/mol. The van der Waals surface area contributed by atoms with Crippen LogP contribution in [0.5, 0.6) is 0 Å². The highest BCUT2D eigenvalue weighted by atomic mass is 32.1. The minimum Gasteiger partial charge on any atom is -0.352 e. The Morgan fingerprint density at radius 2 is 1.82 bits per heavy atom. The van der Waals surface area contributed by atoms with Gasteiger partial charge in [-0.3, -0.25) is 0 Å². The van der Waals surface area contributed by atoms with Crippen LogP contribution in [-0.2, 0) is 0 Å². The number of hydrogen-bond acceptors (Lipinski definition) is 2. The van der Waals surface area contributed by atoms with E-state index in [1.54, 1.807) is 11.3 Å². The summed E-state index contributed by atoms with van der Waals surface area (Å²) in [4.78, 5) is 8.24. The second-order valence-electron chi connectivity index (χ2n) is 5.58. The molecule has 4 rings (SSSR count). The Bertz CT molecular complexity index is 948. The SMILES string of the molecule is Cc1ccc2[nH]c(-c3nc(C)cs3)c(-c3ccccc3)c2c1. The minimum absolute atomic E-state index is 1.05. The minimum atomic E-state index is 1.05. The second kappa shape index (κ2) is 5.11. The molecule has 1 N–H and O–H groups in total. The summed E-state index contributed by atoms with van der Waals surface area (Å²) in [6.07, 6.45) is 0. The predicted octanol–water partition coefficient (Wildman–Crippen LogP) is 5.58. The van der Waals surface area contributed by atoms with Gasteiger partial charge in [0.25, 0.3) is 0 Å². The first kappa shape index (κ1) is 13.3. The van der Waals surface area contributed by atoms with Gasteiger partial charge in [-0.2, -0.15) is 0 Å². The lowest BCUT2D eigenvalue weighted by molar-refractivity contribution is 1.25. The maximum Gasteiger partial charge on any atom is 0.140 e. The number of aryl methyl sites for hydroxylation is 2. The summed E-state index contributed by atoms with van der Waals surface area (Å²) < 4.78 is 0. The Morgan fingerprint density at radius 3 is 2.55 bits per heavy atom. The molecule has 0 unspecified atom stereocenters. The molecule has 2 aromatic heterocycles. The first-order valence-electron chi connectivity index (χ1n) is 7.32. The first-order valence-corrected chi connectivity index (χ1v) is 8.20. The van der Waals surface area contributed by atoms with E-state index in [4.69, 9.17) is 0 Å². The molecular formula is C19H16N2S. The van der Waals surface area contributed by atoms with Gasteiger partial charge in [0.05, 0.1) is 5.69 Å². The molecule has 108 valence electrons. The Balaban J connectivity index is 2.08. The number of nitrogens with one attached hydrogen (secondary N) is 1. The zero-order valence-electron chi connectivity index (χ0n) is 12.6. The number of thiazole rings is 1. The quantitative estimate of drug-likeness (QED) is 0.515. The van der Waals surface area contributed by atoms with Gasteiger partial charge in [-0.05, 0) is 31.5 Å². The largest absolute Gasteiger partial charge is 0.352 e. The maximum atomic E-state index is 4.67. The first-order chi connectivity index (χ1) is 10.7. The van der Waals surface area contributed by atoms with Crippen molar-refractivity contribution in [1.82, 2.24) is 9.97 Å². The van der Waals surface area contributed by atoms with Crippen LogP contribution in [0.15, 0.2) is 53.9 Å². The summed E-state index contributed by atoms with van der Waals surface area (Å²) in [5.41, 5.74) is 7.08. The van der Waals surface area contributed by atoms with Crippen LogP contribution >= 0.6 is 11.3 Å². The average Bonchev–Trinajstić information content (AvgIpc) is 3.11. The standard InChI is InChI=1S/C19H16N2S/c1-12-8-9-16-15(10-12)17(14-6-4-3-5-7-14)18(21-16)19-20-13(2)11-22-19/h3-11,21H,1-2H3. The lowest BCUT2D eigenvalue weighted by Gasteiger charge is -2.03. The van der Waals surface area contributed by atoms with Crippen molar-refractivity contribution in [2.45, 2.75) is 13.8 Å². The topological polar surface area (TPSA) is 28.7 Å². The van der Waals surface area contributed by atoms with Crippen LogP contribution in [0.25, 0.3) is 32.7 Å². The lowest BCUT2D eigenvalue weighted by atomic mass is 10.0.